The number of allylic oxidation sites excluding steroid dienone is 2. The van der Waals surface area contributed by atoms with Crippen molar-refractivity contribution >= 4 is 23.3 Å². The summed E-state index contributed by atoms with van der Waals surface area (Å²) in [6.07, 6.45) is 0. The highest BCUT2D eigenvalue weighted by Crippen LogP contribution is 2.55. The van der Waals surface area contributed by atoms with E-state index in [0.29, 0.717) is 5.31 Å². The van der Waals surface area contributed by atoms with E-state index in [9.17, 15) is 4.57 Å². The van der Waals surface area contributed by atoms with Gasteiger partial charge in [-0.25, -0.2) is 0 Å². The minimum atomic E-state index is -3.04. The minimum Gasteiger partial charge on any atom is -0.309 e. The van der Waals surface area contributed by atoms with Crippen LogP contribution < -0.4 is 10.6 Å². The Morgan fingerprint density at radius 1 is 0.720 bits per heavy atom. The largest absolute Gasteiger partial charge is 0.309 e. The monoisotopic (exact) mass is 344 g/mol. The van der Waals surface area contributed by atoms with Crippen molar-refractivity contribution in [3.63, 3.8) is 0 Å². The van der Waals surface area contributed by atoms with E-state index in [4.69, 9.17) is 0 Å². The van der Waals surface area contributed by atoms with Crippen molar-refractivity contribution in [1.82, 2.24) is 0 Å². The van der Waals surface area contributed by atoms with Gasteiger partial charge in [0, 0.05) is 15.9 Å². The van der Waals surface area contributed by atoms with E-state index in [1.165, 1.54) is 5.56 Å². The Morgan fingerprint density at radius 2 is 1.16 bits per heavy atom. The SMILES string of the molecule is C=C(C(=C)P(=O)(c1ccccc1)c1ccccc1)c1ccc(C)cc1. The molecule has 3 aromatic carbocycles. The Hall–Kier alpha value is -2.63. The van der Waals surface area contributed by atoms with Gasteiger partial charge in [0.2, 0.25) is 0 Å². The molecule has 3 rings (SSSR count). The van der Waals surface area contributed by atoms with E-state index in [-0.39, 0.29) is 0 Å². The van der Waals surface area contributed by atoms with Crippen LogP contribution in [0.3, 0.4) is 0 Å². The summed E-state index contributed by atoms with van der Waals surface area (Å²) in [4.78, 5) is 0. The molecule has 0 amide bonds. The van der Waals surface area contributed by atoms with E-state index < -0.39 is 7.14 Å². The zero-order valence-corrected chi connectivity index (χ0v) is 15.2. The topological polar surface area (TPSA) is 17.1 Å². The van der Waals surface area contributed by atoms with Crippen LogP contribution in [0.4, 0.5) is 0 Å². The fourth-order valence-corrected chi connectivity index (χ4v) is 5.46. The van der Waals surface area contributed by atoms with Crippen molar-refractivity contribution in [2.24, 2.45) is 0 Å². The van der Waals surface area contributed by atoms with Gasteiger partial charge in [0.05, 0.1) is 0 Å². The molecule has 124 valence electrons. The van der Waals surface area contributed by atoms with Gasteiger partial charge in [-0.2, -0.15) is 0 Å². The second kappa shape index (κ2) is 7.09. The molecule has 2 heteroatoms. The van der Waals surface area contributed by atoms with Crippen molar-refractivity contribution in [3.8, 4) is 0 Å². The van der Waals surface area contributed by atoms with Crippen LogP contribution >= 0.6 is 7.14 Å². The fourth-order valence-electron chi connectivity index (χ4n) is 2.85. The predicted octanol–water partition coefficient (Wildman–Crippen LogP) is 5.54. The lowest BCUT2D eigenvalue weighted by Gasteiger charge is -2.23. The van der Waals surface area contributed by atoms with Crippen LogP contribution in [-0.2, 0) is 4.57 Å². The summed E-state index contributed by atoms with van der Waals surface area (Å²) in [5.41, 5.74) is 2.84. The molecule has 0 aliphatic carbocycles. The second-order valence-electron chi connectivity index (χ2n) is 6.07. The van der Waals surface area contributed by atoms with Gasteiger partial charge in [0.15, 0.2) is 7.14 Å². The number of aryl methyl sites for hydroxylation is 1. The Morgan fingerprint density at radius 3 is 1.60 bits per heavy atom. The van der Waals surface area contributed by atoms with Crippen molar-refractivity contribution in [2.45, 2.75) is 6.92 Å². The molecule has 0 aliphatic heterocycles. The molecule has 0 spiro atoms. The Bertz CT molecular complexity index is 895. The van der Waals surface area contributed by atoms with Gasteiger partial charge in [-0.1, -0.05) is 104 Å². The third kappa shape index (κ3) is 3.29. The molecule has 1 nitrogen and oxygen atoms in total. The molecule has 0 N–H and O–H groups in total. The quantitative estimate of drug-likeness (QED) is 0.439. The van der Waals surface area contributed by atoms with Gasteiger partial charge < -0.3 is 4.57 Å². The summed E-state index contributed by atoms with van der Waals surface area (Å²) in [5, 5.41) is 2.13. The zero-order chi connectivity index (χ0) is 17.9. The zero-order valence-electron chi connectivity index (χ0n) is 14.4. The maximum Gasteiger partial charge on any atom is 0.171 e. The van der Waals surface area contributed by atoms with Crippen LogP contribution in [-0.4, -0.2) is 0 Å². The highest BCUT2D eigenvalue weighted by atomic mass is 31.2. The number of hydrogen-bond acceptors (Lipinski definition) is 1. The van der Waals surface area contributed by atoms with Crippen LogP contribution in [0.25, 0.3) is 5.57 Å². The van der Waals surface area contributed by atoms with Gasteiger partial charge in [0.25, 0.3) is 0 Å². The maximum absolute atomic E-state index is 14.2. The molecule has 0 radical (unpaired) electrons. The fraction of sp³-hybridized carbons (Fsp3) is 0.0435. The average Bonchev–Trinajstić information content (AvgIpc) is 2.68. The first-order valence-corrected chi connectivity index (χ1v) is 9.91. The Labute approximate surface area is 149 Å². The van der Waals surface area contributed by atoms with Crippen LogP contribution in [0.2, 0.25) is 0 Å². The molecule has 0 saturated carbocycles. The first-order chi connectivity index (χ1) is 12.0. The van der Waals surface area contributed by atoms with E-state index in [1.54, 1.807) is 0 Å². The van der Waals surface area contributed by atoms with Crippen LogP contribution in [0.15, 0.2) is 103 Å². The summed E-state index contributed by atoms with van der Waals surface area (Å²) < 4.78 is 14.2. The number of rotatable bonds is 5. The van der Waals surface area contributed by atoms with Gasteiger partial charge in [-0.3, -0.25) is 0 Å². The van der Waals surface area contributed by atoms with Crippen molar-refractivity contribution < 1.29 is 4.57 Å². The molecule has 0 fully saturated rings. The van der Waals surface area contributed by atoms with Crippen molar-refractivity contribution in [3.05, 3.63) is 115 Å². The van der Waals surface area contributed by atoms with Gasteiger partial charge in [-0.05, 0) is 18.1 Å². The highest BCUT2D eigenvalue weighted by molar-refractivity contribution is 7.83. The molecule has 0 aromatic heterocycles. The van der Waals surface area contributed by atoms with Crippen LogP contribution in [0.1, 0.15) is 11.1 Å². The van der Waals surface area contributed by atoms with Crippen molar-refractivity contribution in [1.29, 1.82) is 0 Å². The number of hydrogen-bond donors (Lipinski definition) is 0. The summed E-state index contributed by atoms with van der Waals surface area (Å²) >= 11 is 0. The van der Waals surface area contributed by atoms with E-state index in [0.717, 1.165) is 21.7 Å². The molecular weight excluding hydrogens is 323 g/mol. The van der Waals surface area contributed by atoms with Gasteiger partial charge >= 0.3 is 0 Å². The van der Waals surface area contributed by atoms with E-state index in [1.807, 2.05) is 91.9 Å². The summed E-state index contributed by atoms with van der Waals surface area (Å²) in [7, 11) is -3.04. The molecular formula is C23H21OP. The first kappa shape index (κ1) is 17.2. The normalized spacial score (nSPS) is 11.1. The lowest BCUT2D eigenvalue weighted by Crippen LogP contribution is -2.17. The molecule has 0 bridgehead atoms. The molecule has 0 heterocycles. The molecule has 0 saturated heterocycles. The molecule has 25 heavy (non-hydrogen) atoms. The molecule has 0 atom stereocenters. The molecule has 3 aromatic rings. The third-order valence-electron chi connectivity index (χ3n) is 4.37. The summed E-state index contributed by atoms with van der Waals surface area (Å²) in [6, 6.07) is 27.2. The van der Waals surface area contributed by atoms with E-state index >= 15 is 0 Å². The average molecular weight is 344 g/mol. The molecule has 0 aliphatic rings. The van der Waals surface area contributed by atoms with Crippen LogP contribution in [0.5, 0.6) is 0 Å². The lowest BCUT2D eigenvalue weighted by molar-refractivity contribution is 0.591. The maximum atomic E-state index is 14.2. The molecule has 0 unspecified atom stereocenters. The Kier molecular flexibility index (Phi) is 4.88. The smallest absolute Gasteiger partial charge is 0.171 e. The van der Waals surface area contributed by atoms with Crippen molar-refractivity contribution in [2.75, 3.05) is 0 Å². The number of benzene rings is 3. The Balaban J connectivity index is 2.12. The third-order valence-corrected chi connectivity index (χ3v) is 7.45. The van der Waals surface area contributed by atoms with Gasteiger partial charge in [-0.15, -0.1) is 0 Å². The van der Waals surface area contributed by atoms with E-state index in [2.05, 4.69) is 13.2 Å². The first-order valence-electron chi connectivity index (χ1n) is 8.20. The predicted molar refractivity (Wildman–Crippen MR) is 109 cm³/mol. The summed E-state index contributed by atoms with van der Waals surface area (Å²) in [5.74, 6) is 0. The van der Waals surface area contributed by atoms with Crippen LogP contribution in [0, 0.1) is 6.92 Å². The highest BCUT2D eigenvalue weighted by Gasteiger charge is 2.32. The minimum absolute atomic E-state index is 0.578. The summed E-state index contributed by atoms with van der Waals surface area (Å²) in [6.45, 7) is 10.5. The lowest BCUT2D eigenvalue weighted by atomic mass is 10.1. The second-order valence-corrected chi connectivity index (χ2v) is 8.86. The standard InChI is InChI=1S/C23H21OP/c1-18-14-16-21(17-15-18)19(2)20(3)25(24,22-10-6-4-7-11-22)23-12-8-5-9-13-23/h4-17H,2-3H2,1H3. The van der Waals surface area contributed by atoms with Gasteiger partial charge in [0.1, 0.15) is 0 Å².